The average molecular weight is 255 g/mol. The van der Waals surface area contributed by atoms with Gasteiger partial charge in [0, 0.05) is 6.04 Å². The number of ether oxygens (including phenoxy) is 1. The maximum Gasteiger partial charge on any atom is 0.308 e. The van der Waals surface area contributed by atoms with Crippen LogP contribution >= 0.6 is 0 Å². The first-order valence-corrected chi connectivity index (χ1v) is 7.66. The third-order valence-electron chi connectivity index (χ3n) is 3.79. The molecule has 18 heavy (non-hydrogen) atoms. The standard InChI is InChI=1S/C15H29NO2/c1-2-3-4-5-6-7-11-18-15(17)13-9-8-10-14(16)12-13/h13-14H,2-12,16H2,1H3. The lowest BCUT2D eigenvalue weighted by atomic mass is 9.86. The molecule has 1 rings (SSSR count). The van der Waals surface area contributed by atoms with Gasteiger partial charge in [-0.3, -0.25) is 4.79 Å². The first kappa shape index (κ1) is 15.5. The van der Waals surface area contributed by atoms with E-state index >= 15 is 0 Å². The van der Waals surface area contributed by atoms with E-state index in [1.54, 1.807) is 0 Å². The van der Waals surface area contributed by atoms with Crippen molar-refractivity contribution in [2.45, 2.75) is 77.2 Å². The lowest BCUT2D eigenvalue weighted by Crippen LogP contribution is -2.32. The van der Waals surface area contributed by atoms with E-state index < -0.39 is 0 Å². The summed E-state index contributed by atoms with van der Waals surface area (Å²) in [5.41, 5.74) is 5.88. The van der Waals surface area contributed by atoms with Crippen LogP contribution in [0, 0.1) is 5.92 Å². The first-order chi connectivity index (χ1) is 8.74. The molecule has 2 N–H and O–H groups in total. The molecule has 3 heteroatoms. The van der Waals surface area contributed by atoms with Crippen molar-refractivity contribution >= 4 is 5.97 Å². The van der Waals surface area contributed by atoms with E-state index in [0.717, 1.165) is 32.1 Å². The molecule has 0 aromatic rings. The summed E-state index contributed by atoms with van der Waals surface area (Å²) < 4.78 is 5.34. The van der Waals surface area contributed by atoms with Gasteiger partial charge in [0.2, 0.25) is 0 Å². The van der Waals surface area contributed by atoms with Gasteiger partial charge in [0.05, 0.1) is 12.5 Å². The summed E-state index contributed by atoms with van der Waals surface area (Å²) in [4.78, 5) is 11.8. The van der Waals surface area contributed by atoms with Gasteiger partial charge >= 0.3 is 5.97 Å². The Kier molecular flexibility index (Phi) is 8.06. The number of esters is 1. The summed E-state index contributed by atoms with van der Waals surface area (Å²) in [5.74, 6) is 0.0487. The molecule has 106 valence electrons. The summed E-state index contributed by atoms with van der Waals surface area (Å²) in [6.07, 6.45) is 11.3. The van der Waals surface area contributed by atoms with Crippen LogP contribution in [0.15, 0.2) is 0 Å². The minimum Gasteiger partial charge on any atom is -0.465 e. The molecular formula is C15H29NO2. The molecule has 0 aliphatic heterocycles. The van der Waals surface area contributed by atoms with Gasteiger partial charge in [0.15, 0.2) is 0 Å². The Hall–Kier alpha value is -0.570. The Bertz CT molecular complexity index is 231. The Labute approximate surface area is 111 Å². The van der Waals surface area contributed by atoms with E-state index in [2.05, 4.69) is 6.92 Å². The number of carbonyl (C=O) groups is 1. The van der Waals surface area contributed by atoms with E-state index in [0.29, 0.717) is 6.61 Å². The third kappa shape index (κ3) is 6.39. The van der Waals surface area contributed by atoms with Crippen molar-refractivity contribution in [1.82, 2.24) is 0 Å². The van der Waals surface area contributed by atoms with Crippen LogP contribution in [-0.2, 0) is 9.53 Å². The monoisotopic (exact) mass is 255 g/mol. The molecule has 1 fully saturated rings. The zero-order valence-corrected chi connectivity index (χ0v) is 11.8. The van der Waals surface area contributed by atoms with Crippen molar-refractivity contribution in [3.05, 3.63) is 0 Å². The molecule has 0 spiro atoms. The van der Waals surface area contributed by atoms with E-state index in [1.165, 1.54) is 32.1 Å². The van der Waals surface area contributed by atoms with Gasteiger partial charge < -0.3 is 10.5 Å². The predicted molar refractivity (Wildman–Crippen MR) is 74.3 cm³/mol. The molecule has 2 atom stereocenters. The SMILES string of the molecule is CCCCCCCCOC(=O)C1CCCC(N)C1. The van der Waals surface area contributed by atoms with Crippen LogP contribution in [0.25, 0.3) is 0 Å². The maximum atomic E-state index is 11.8. The highest BCUT2D eigenvalue weighted by molar-refractivity contribution is 5.72. The molecule has 0 saturated heterocycles. The van der Waals surface area contributed by atoms with E-state index in [-0.39, 0.29) is 17.9 Å². The largest absolute Gasteiger partial charge is 0.465 e. The molecule has 2 unspecified atom stereocenters. The zero-order chi connectivity index (χ0) is 13.2. The average Bonchev–Trinajstić information content (AvgIpc) is 2.37. The molecule has 0 heterocycles. The fourth-order valence-electron chi connectivity index (χ4n) is 2.61. The second kappa shape index (κ2) is 9.37. The molecule has 0 radical (unpaired) electrons. The summed E-state index contributed by atoms with van der Waals surface area (Å²) in [6.45, 7) is 2.81. The second-order valence-electron chi connectivity index (χ2n) is 5.56. The van der Waals surface area contributed by atoms with Crippen LogP contribution in [0.1, 0.15) is 71.1 Å². The summed E-state index contributed by atoms with van der Waals surface area (Å²) in [5, 5.41) is 0. The highest BCUT2D eigenvalue weighted by Gasteiger charge is 2.26. The summed E-state index contributed by atoms with van der Waals surface area (Å²) >= 11 is 0. The summed E-state index contributed by atoms with van der Waals surface area (Å²) in [7, 11) is 0. The third-order valence-corrected chi connectivity index (χ3v) is 3.79. The van der Waals surface area contributed by atoms with Crippen molar-refractivity contribution in [3.63, 3.8) is 0 Å². The summed E-state index contributed by atoms with van der Waals surface area (Å²) in [6, 6.07) is 0.199. The smallest absolute Gasteiger partial charge is 0.308 e. The van der Waals surface area contributed by atoms with Gasteiger partial charge in [-0.1, -0.05) is 45.4 Å². The topological polar surface area (TPSA) is 52.3 Å². The van der Waals surface area contributed by atoms with Gasteiger partial charge in [0.25, 0.3) is 0 Å². The van der Waals surface area contributed by atoms with Crippen molar-refractivity contribution < 1.29 is 9.53 Å². The first-order valence-electron chi connectivity index (χ1n) is 7.66. The number of nitrogens with two attached hydrogens (primary N) is 1. The highest BCUT2D eigenvalue weighted by atomic mass is 16.5. The Morgan fingerprint density at radius 1 is 1.17 bits per heavy atom. The van der Waals surface area contributed by atoms with Crippen LogP contribution < -0.4 is 5.73 Å². The lowest BCUT2D eigenvalue weighted by molar-refractivity contribution is -0.150. The number of carbonyl (C=O) groups excluding carboxylic acids is 1. The molecule has 0 aromatic heterocycles. The molecule has 0 aromatic carbocycles. The highest BCUT2D eigenvalue weighted by Crippen LogP contribution is 2.24. The van der Waals surface area contributed by atoms with E-state index in [9.17, 15) is 4.79 Å². The normalized spacial score (nSPS) is 23.9. The van der Waals surface area contributed by atoms with Crippen molar-refractivity contribution in [3.8, 4) is 0 Å². The Morgan fingerprint density at radius 3 is 2.61 bits per heavy atom. The quantitative estimate of drug-likeness (QED) is 0.534. The number of unbranched alkanes of at least 4 members (excludes halogenated alkanes) is 5. The molecule has 0 bridgehead atoms. The van der Waals surface area contributed by atoms with Crippen molar-refractivity contribution in [2.24, 2.45) is 11.7 Å². The van der Waals surface area contributed by atoms with Gasteiger partial charge in [-0.2, -0.15) is 0 Å². The molecule has 1 aliphatic carbocycles. The van der Waals surface area contributed by atoms with Crippen molar-refractivity contribution in [2.75, 3.05) is 6.61 Å². The second-order valence-corrected chi connectivity index (χ2v) is 5.56. The number of hydrogen-bond donors (Lipinski definition) is 1. The van der Waals surface area contributed by atoms with Crippen LogP contribution in [0.3, 0.4) is 0 Å². The van der Waals surface area contributed by atoms with Gasteiger partial charge in [-0.25, -0.2) is 0 Å². The number of hydrogen-bond acceptors (Lipinski definition) is 3. The lowest BCUT2D eigenvalue weighted by Gasteiger charge is -2.24. The van der Waals surface area contributed by atoms with Crippen LogP contribution in [-0.4, -0.2) is 18.6 Å². The van der Waals surface area contributed by atoms with Crippen LogP contribution in [0.4, 0.5) is 0 Å². The van der Waals surface area contributed by atoms with Crippen LogP contribution in [0.5, 0.6) is 0 Å². The van der Waals surface area contributed by atoms with Crippen LogP contribution in [0.2, 0.25) is 0 Å². The maximum absolute atomic E-state index is 11.8. The van der Waals surface area contributed by atoms with E-state index in [4.69, 9.17) is 10.5 Å². The van der Waals surface area contributed by atoms with Gasteiger partial charge in [0.1, 0.15) is 0 Å². The minimum atomic E-state index is -0.0151. The predicted octanol–water partition coefficient (Wildman–Crippen LogP) is 3.41. The minimum absolute atomic E-state index is 0.0151. The van der Waals surface area contributed by atoms with Crippen molar-refractivity contribution in [1.29, 1.82) is 0 Å². The fraction of sp³-hybridized carbons (Fsp3) is 0.933. The molecular weight excluding hydrogens is 226 g/mol. The zero-order valence-electron chi connectivity index (χ0n) is 11.8. The fourth-order valence-corrected chi connectivity index (χ4v) is 2.61. The molecule has 1 saturated carbocycles. The molecule has 3 nitrogen and oxygen atoms in total. The molecule has 0 amide bonds. The van der Waals surface area contributed by atoms with Gasteiger partial charge in [-0.05, 0) is 25.7 Å². The Balaban J connectivity index is 1.99. The number of rotatable bonds is 8. The Morgan fingerprint density at radius 2 is 1.89 bits per heavy atom. The van der Waals surface area contributed by atoms with Gasteiger partial charge in [-0.15, -0.1) is 0 Å². The van der Waals surface area contributed by atoms with E-state index in [1.807, 2.05) is 0 Å². The molecule has 1 aliphatic rings.